The second kappa shape index (κ2) is 8.16. The van der Waals surface area contributed by atoms with E-state index in [9.17, 15) is 17.6 Å². The van der Waals surface area contributed by atoms with Gasteiger partial charge in [-0.25, -0.2) is 12.8 Å². The Morgan fingerprint density at radius 3 is 2.74 bits per heavy atom. The highest BCUT2D eigenvalue weighted by Crippen LogP contribution is 2.20. The number of hydrogen-bond acceptors (Lipinski definition) is 4. The number of carbonyl (C=O) groups is 1. The fourth-order valence-corrected chi connectivity index (χ4v) is 4.35. The summed E-state index contributed by atoms with van der Waals surface area (Å²) >= 11 is 0. The quantitative estimate of drug-likeness (QED) is 0.868. The Morgan fingerprint density at radius 1 is 1.15 bits per heavy atom. The predicted molar refractivity (Wildman–Crippen MR) is 99.7 cm³/mol. The topological polar surface area (TPSA) is 75.7 Å². The first-order chi connectivity index (χ1) is 12.9. The van der Waals surface area contributed by atoms with Crippen LogP contribution in [-0.2, 0) is 14.8 Å². The van der Waals surface area contributed by atoms with E-state index in [1.54, 1.807) is 6.92 Å². The van der Waals surface area contributed by atoms with Crippen molar-refractivity contribution in [2.75, 3.05) is 31.6 Å². The number of anilines is 1. The third kappa shape index (κ3) is 4.52. The monoisotopic (exact) mass is 392 g/mol. The molecule has 1 saturated heterocycles. The number of aryl methyl sites for hydroxylation is 1. The van der Waals surface area contributed by atoms with E-state index < -0.39 is 15.9 Å². The molecule has 6 nitrogen and oxygen atoms in total. The summed E-state index contributed by atoms with van der Waals surface area (Å²) < 4.78 is 45.7. The van der Waals surface area contributed by atoms with E-state index in [0.29, 0.717) is 37.4 Å². The minimum Gasteiger partial charge on any atom is -0.380 e. The largest absolute Gasteiger partial charge is 0.380 e. The van der Waals surface area contributed by atoms with Crippen LogP contribution in [0.5, 0.6) is 0 Å². The number of rotatable bonds is 4. The van der Waals surface area contributed by atoms with Crippen LogP contribution in [0.1, 0.15) is 22.3 Å². The SMILES string of the molecule is Cc1cc(NC(=O)c2cccc(S(=O)(=O)N3CCCOCC3)c2)ccc1F. The normalized spacial score (nSPS) is 15.9. The average molecular weight is 392 g/mol. The van der Waals surface area contributed by atoms with Crippen LogP contribution in [0.25, 0.3) is 0 Å². The lowest BCUT2D eigenvalue weighted by atomic mass is 10.2. The molecule has 1 N–H and O–H groups in total. The number of nitrogens with one attached hydrogen (secondary N) is 1. The summed E-state index contributed by atoms with van der Waals surface area (Å²) in [5.41, 5.74) is 1.06. The molecule has 1 heterocycles. The van der Waals surface area contributed by atoms with Gasteiger partial charge in [-0.05, 0) is 55.3 Å². The Bertz CT molecular complexity index is 938. The van der Waals surface area contributed by atoms with Crippen LogP contribution >= 0.6 is 0 Å². The van der Waals surface area contributed by atoms with Crippen molar-refractivity contribution in [2.24, 2.45) is 0 Å². The molecule has 0 saturated carbocycles. The first-order valence-corrected chi connectivity index (χ1v) is 10.1. The van der Waals surface area contributed by atoms with E-state index >= 15 is 0 Å². The van der Waals surface area contributed by atoms with Crippen LogP contribution in [0, 0.1) is 12.7 Å². The van der Waals surface area contributed by atoms with Crippen molar-refractivity contribution in [1.82, 2.24) is 4.31 Å². The maximum absolute atomic E-state index is 13.4. The van der Waals surface area contributed by atoms with Gasteiger partial charge in [-0.2, -0.15) is 4.31 Å². The number of carbonyl (C=O) groups excluding carboxylic acids is 1. The highest BCUT2D eigenvalue weighted by Gasteiger charge is 2.26. The van der Waals surface area contributed by atoms with Gasteiger partial charge >= 0.3 is 0 Å². The molecule has 3 rings (SSSR count). The lowest BCUT2D eigenvalue weighted by Gasteiger charge is -2.19. The van der Waals surface area contributed by atoms with Crippen molar-refractivity contribution in [3.05, 3.63) is 59.4 Å². The first-order valence-electron chi connectivity index (χ1n) is 8.63. The molecule has 0 spiro atoms. The van der Waals surface area contributed by atoms with Gasteiger partial charge in [0, 0.05) is 30.9 Å². The van der Waals surface area contributed by atoms with Gasteiger partial charge in [0.2, 0.25) is 10.0 Å². The van der Waals surface area contributed by atoms with Crippen molar-refractivity contribution >= 4 is 21.6 Å². The molecule has 0 aliphatic carbocycles. The Hall–Kier alpha value is -2.29. The number of ether oxygens (including phenoxy) is 1. The molecule has 0 aromatic heterocycles. The van der Waals surface area contributed by atoms with Crippen LogP contribution in [0.2, 0.25) is 0 Å². The molecule has 8 heteroatoms. The molecule has 0 atom stereocenters. The lowest BCUT2D eigenvalue weighted by molar-refractivity contribution is 0.102. The molecule has 2 aromatic rings. The summed E-state index contributed by atoms with van der Waals surface area (Å²) in [4.78, 5) is 12.5. The second-order valence-corrected chi connectivity index (χ2v) is 8.25. The van der Waals surface area contributed by atoms with Crippen LogP contribution in [-0.4, -0.2) is 44.9 Å². The molecule has 0 unspecified atom stereocenters. The number of benzene rings is 2. The second-order valence-electron chi connectivity index (χ2n) is 6.32. The minimum atomic E-state index is -3.70. The summed E-state index contributed by atoms with van der Waals surface area (Å²) in [5, 5.41) is 2.66. The van der Waals surface area contributed by atoms with Crippen LogP contribution in [0.15, 0.2) is 47.4 Å². The Morgan fingerprint density at radius 2 is 1.96 bits per heavy atom. The average Bonchev–Trinajstić information content (AvgIpc) is 2.95. The standard InChI is InChI=1S/C19H21FN2O4S/c1-14-12-16(6-7-18(14)20)21-19(23)15-4-2-5-17(13-15)27(24,25)22-8-3-10-26-11-9-22/h2,4-7,12-13H,3,8-11H2,1H3,(H,21,23). The first kappa shape index (κ1) is 19.5. The fourth-order valence-electron chi connectivity index (χ4n) is 2.84. The third-order valence-electron chi connectivity index (χ3n) is 4.33. The van der Waals surface area contributed by atoms with E-state index in [1.807, 2.05) is 0 Å². The fraction of sp³-hybridized carbons (Fsp3) is 0.316. The van der Waals surface area contributed by atoms with E-state index in [-0.39, 0.29) is 22.8 Å². The molecule has 144 valence electrons. The zero-order valence-corrected chi connectivity index (χ0v) is 15.8. The van der Waals surface area contributed by atoms with Gasteiger partial charge in [0.05, 0.1) is 11.5 Å². The van der Waals surface area contributed by atoms with E-state index in [0.717, 1.165) is 0 Å². The van der Waals surface area contributed by atoms with Gasteiger partial charge in [-0.3, -0.25) is 4.79 Å². The zero-order valence-electron chi connectivity index (χ0n) is 14.9. The smallest absolute Gasteiger partial charge is 0.255 e. The molecule has 1 fully saturated rings. The Labute approximate surface area is 158 Å². The summed E-state index contributed by atoms with van der Waals surface area (Å²) in [6, 6.07) is 10.1. The lowest BCUT2D eigenvalue weighted by Crippen LogP contribution is -2.33. The molecular weight excluding hydrogens is 371 g/mol. The van der Waals surface area contributed by atoms with Gasteiger partial charge < -0.3 is 10.1 Å². The highest BCUT2D eigenvalue weighted by molar-refractivity contribution is 7.89. The molecule has 1 aliphatic rings. The Balaban J connectivity index is 1.81. The van der Waals surface area contributed by atoms with E-state index in [4.69, 9.17) is 4.74 Å². The number of amides is 1. The van der Waals surface area contributed by atoms with Crippen LogP contribution in [0.3, 0.4) is 0 Å². The molecular formula is C19H21FN2O4S. The highest BCUT2D eigenvalue weighted by atomic mass is 32.2. The van der Waals surface area contributed by atoms with Crippen molar-refractivity contribution in [3.63, 3.8) is 0 Å². The number of halogens is 1. The molecule has 27 heavy (non-hydrogen) atoms. The molecule has 1 amide bonds. The van der Waals surface area contributed by atoms with Crippen molar-refractivity contribution in [1.29, 1.82) is 0 Å². The molecule has 0 radical (unpaired) electrons. The predicted octanol–water partition coefficient (Wildman–Crippen LogP) is 2.80. The van der Waals surface area contributed by atoms with Crippen molar-refractivity contribution < 1.29 is 22.3 Å². The van der Waals surface area contributed by atoms with Crippen molar-refractivity contribution in [2.45, 2.75) is 18.2 Å². The maximum Gasteiger partial charge on any atom is 0.255 e. The molecule has 2 aromatic carbocycles. The number of sulfonamides is 1. The number of hydrogen-bond donors (Lipinski definition) is 1. The minimum absolute atomic E-state index is 0.0623. The van der Waals surface area contributed by atoms with Gasteiger partial charge in [0.1, 0.15) is 5.82 Å². The van der Waals surface area contributed by atoms with Gasteiger partial charge in [0.25, 0.3) is 5.91 Å². The van der Waals surface area contributed by atoms with Gasteiger partial charge in [0.15, 0.2) is 0 Å². The summed E-state index contributed by atoms with van der Waals surface area (Å²) in [6.45, 7) is 3.15. The van der Waals surface area contributed by atoms with Gasteiger partial charge in [-0.15, -0.1) is 0 Å². The van der Waals surface area contributed by atoms with E-state index in [1.165, 1.54) is 46.8 Å². The summed E-state index contributed by atoms with van der Waals surface area (Å²) in [7, 11) is -3.70. The summed E-state index contributed by atoms with van der Waals surface area (Å²) in [6.07, 6.45) is 0.628. The van der Waals surface area contributed by atoms with Crippen LogP contribution < -0.4 is 5.32 Å². The molecule has 0 bridgehead atoms. The van der Waals surface area contributed by atoms with Crippen molar-refractivity contribution in [3.8, 4) is 0 Å². The molecule has 1 aliphatic heterocycles. The third-order valence-corrected chi connectivity index (χ3v) is 6.23. The summed E-state index contributed by atoms with van der Waals surface area (Å²) in [5.74, 6) is -0.820. The maximum atomic E-state index is 13.4. The zero-order chi connectivity index (χ0) is 19.4. The number of nitrogens with zero attached hydrogens (tertiary/aromatic N) is 1. The Kier molecular flexibility index (Phi) is 5.88. The van der Waals surface area contributed by atoms with E-state index in [2.05, 4.69) is 5.32 Å². The van der Waals surface area contributed by atoms with Crippen LogP contribution in [0.4, 0.5) is 10.1 Å². The van der Waals surface area contributed by atoms with Gasteiger partial charge in [-0.1, -0.05) is 6.07 Å².